The van der Waals surface area contributed by atoms with Crippen LogP contribution in [0.2, 0.25) is 5.02 Å². The van der Waals surface area contributed by atoms with Crippen molar-refractivity contribution in [2.24, 2.45) is 0 Å². The zero-order chi connectivity index (χ0) is 10.6. The van der Waals surface area contributed by atoms with Gasteiger partial charge in [-0.15, -0.1) is 0 Å². The van der Waals surface area contributed by atoms with E-state index in [-0.39, 0.29) is 12.3 Å². The quantitative estimate of drug-likeness (QED) is 0.818. The molecule has 2 N–H and O–H groups in total. The highest BCUT2D eigenvalue weighted by Crippen LogP contribution is 2.24. The summed E-state index contributed by atoms with van der Waals surface area (Å²) in [6, 6.07) is 4.65. The maximum atomic E-state index is 11.8. The van der Waals surface area contributed by atoms with E-state index < -0.39 is 13.0 Å². The molecule has 0 aliphatic rings. The van der Waals surface area contributed by atoms with Gasteiger partial charge < -0.3 is 10.4 Å². The summed E-state index contributed by atoms with van der Waals surface area (Å²) in [5, 5.41) is 12.2. The van der Waals surface area contributed by atoms with E-state index in [0.717, 1.165) is 0 Å². The van der Waals surface area contributed by atoms with Gasteiger partial charge in [-0.3, -0.25) is 0 Å². The minimum atomic E-state index is -2.40. The van der Waals surface area contributed by atoms with Crippen LogP contribution in [-0.4, -0.2) is 18.1 Å². The normalized spacial score (nSPS) is 10.9. The van der Waals surface area contributed by atoms with Gasteiger partial charge in [0.25, 0.3) is 6.43 Å². The molecule has 0 aliphatic carbocycles. The summed E-state index contributed by atoms with van der Waals surface area (Å²) >= 11 is 5.76. The maximum absolute atomic E-state index is 11.8. The fraction of sp³-hybridized carbons (Fsp3) is 0.333. The number of phenols is 1. The van der Waals surface area contributed by atoms with Crippen molar-refractivity contribution >= 4 is 11.6 Å². The highest BCUT2D eigenvalue weighted by atomic mass is 35.5. The van der Waals surface area contributed by atoms with Crippen molar-refractivity contribution < 1.29 is 13.9 Å². The molecule has 0 heterocycles. The first kappa shape index (κ1) is 11.2. The third-order valence-corrected chi connectivity index (χ3v) is 2.05. The zero-order valence-electron chi connectivity index (χ0n) is 7.30. The summed E-state index contributed by atoms with van der Waals surface area (Å²) in [6.07, 6.45) is -2.40. The van der Waals surface area contributed by atoms with Gasteiger partial charge in [-0.05, 0) is 12.1 Å². The third-order valence-electron chi connectivity index (χ3n) is 1.69. The van der Waals surface area contributed by atoms with E-state index in [1.165, 1.54) is 6.07 Å². The Hall–Kier alpha value is -0.870. The predicted molar refractivity (Wildman–Crippen MR) is 50.8 cm³/mol. The molecule has 0 aromatic heterocycles. The molecule has 1 rings (SSSR count). The summed E-state index contributed by atoms with van der Waals surface area (Å²) in [7, 11) is 0. The lowest BCUT2D eigenvalue weighted by Crippen LogP contribution is -2.20. The van der Waals surface area contributed by atoms with Crippen molar-refractivity contribution in [3.05, 3.63) is 28.8 Å². The van der Waals surface area contributed by atoms with Crippen molar-refractivity contribution in [1.29, 1.82) is 0 Å². The molecule has 0 aliphatic heterocycles. The topological polar surface area (TPSA) is 32.3 Å². The smallest absolute Gasteiger partial charge is 0.250 e. The molecule has 1 aromatic carbocycles. The molecule has 0 unspecified atom stereocenters. The number of rotatable bonds is 4. The highest BCUT2D eigenvalue weighted by molar-refractivity contribution is 6.31. The summed E-state index contributed by atoms with van der Waals surface area (Å²) in [5.41, 5.74) is 0.440. The van der Waals surface area contributed by atoms with E-state index >= 15 is 0 Å². The SMILES string of the molecule is Oc1cccc(Cl)c1CNCC(F)F. The second-order valence-corrected chi connectivity index (χ2v) is 3.17. The van der Waals surface area contributed by atoms with Gasteiger partial charge in [0, 0.05) is 17.1 Å². The average Bonchev–Trinajstić information content (AvgIpc) is 2.09. The van der Waals surface area contributed by atoms with Gasteiger partial charge >= 0.3 is 0 Å². The molecular weight excluding hydrogens is 212 g/mol. The Balaban J connectivity index is 2.58. The second-order valence-electron chi connectivity index (χ2n) is 2.76. The van der Waals surface area contributed by atoms with E-state index in [0.29, 0.717) is 10.6 Å². The van der Waals surface area contributed by atoms with Crippen LogP contribution in [0.1, 0.15) is 5.56 Å². The Bertz CT molecular complexity index is 287. The second kappa shape index (κ2) is 5.12. The predicted octanol–water partition coefficient (Wildman–Crippen LogP) is 2.40. The van der Waals surface area contributed by atoms with Crippen LogP contribution in [-0.2, 0) is 6.54 Å². The molecule has 0 atom stereocenters. The number of halogens is 3. The molecule has 0 saturated heterocycles. The van der Waals surface area contributed by atoms with Gasteiger partial charge in [-0.1, -0.05) is 17.7 Å². The monoisotopic (exact) mass is 221 g/mol. The number of hydrogen-bond acceptors (Lipinski definition) is 2. The van der Waals surface area contributed by atoms with Crippen LogP contribution in [0, 0.1) is 0 Å². The molecule has 0 spiro atoms. The van der Waals surface area contributed by atoms with E-state index in [1.54, 1.807) is 12.1 Å². The van der Waals surface area contributed by atoms with Crippen LogP contribution in [0.3, 0.4) is 0 Å². The molecule has 0 fully saturated rings. The minimum Gasteiger partial charge on any atom is -0.508 e. The summed E-state index contributed by atoms with van der Waals surface area (Å²) < 4.78 is 23.6. The molecule has 0 saturated carbocycles. The largest absolute Gasteiger partial charge is 0.508 e. The third kappa shape index (κ3) is 3.12. The van der Waals surface area contributed by atoms with Crippen molar-refractivity contribution in [2.45, 2.75) is 13.0 Å². The number of nitrogens with one attached hydrogen (secondary N) is 1. The van der Waals surface area contributed by atoms with Crippen LogP contribution < -0.4 is 5.32 Å². The first-order valence-electron chi connectivity index (χ1n) is 4.06. The highest BCUT2D eigenvalue weighted by Gasteiger charge is 2.07. The molecular formula is C9H10ClF2NO. The summed E-state index contributed by atoms with van der Waals surface area (Å²) in [4.78, 5) is 0. The lowest BCUT2D eigenvalue weighted by Gasteiger charge is -2.07. The van der Waals surface area contributed by atoms with Gasteiger partial charge in [0.05, 0.1) is 6.54 Å². The minimum absolute atomic E-state index is 0.0132. The van der Waals surface area contributed by atoms with Gasteiger partial charge in [0.1, 0.15) is 5.75 Å². The summed E-state index contributed by atoms with van der Waals surface area (Å²) in [6.45, 7) is -0.277. The van der Waals surface area contributed by atoms with Crippen LogP contribution >= 0.6 is 11.6 Å². The van der Waals surface area contributed by atoms with E-state index in [9.17, 15) is 13.9 Å². The molecule has 0 radical (unpaired) electrons. The number of hydrogen-bond donors (Lipinski definition) is 2. The molecule has 14 heavy (non-hydrogen) atoms. The number of aromatic hydroxyl groups is 1. The van der Waals surface area contributed by atoms with Crippen molar-refractivity contribution in [2.75, 3.05) is 6.54 Å². The van der Waals surface area contributed by atoms with Gasteiger partial charge in [-0.2, -0.15) is 0 Å². The fourth-order valence-electron chi connectivity index (χ4n) is 1.03. The number of benzene rings is 1. The number of phenolic OH excluding ortho intramolecular Hbond substituents is 1. The van der Waals surface area contributed by atoms with E-state index in [4.69, 9.17) is 11.6 Å². The molecule has 2 nitrogen and oxygen atoms in total. The van der Waals surface area contributed by atoms with Crippen molar-refractivity contribution in [1.82, 2.24) is 5.32 Å². The molecule has 5 heteroatoms. The Kier molecular flexibility index (Phi) is 4.10. The molecule has 1 aromatic rings. The lowest BCUT2D eigenvalue weighted by molar-refractivity contribution is 0.145. The average molecular weight is 222 g/mol. The summed E-state index contributed by atoms with van der Waals surface area (Å²) in [5.74, 6) is 0.0132. The first-order chi connectivity index (χ1) is 6.61. The van der Waals surface area contributed by atoms with E-state index in [1.807, 2.05) is 0 Å². The van der Waals surface area contributed by atoms with Gasteiger partial charge in [0.2, 0.25) is 0 Å². The van der Waals surface area contributed by atoms with Crippen LogP contribution in [0.15, 0.2) is 18.2 Å². The zero-order valence-corrected chi connectivity index (χ0v) is 8.06. The van der Waals surface area contributed by atoms with Crippen LogP contribution in [0.25, 0.3) is 0 Å². The van der Waals surface area contributed by atoms with Crippen LogP contribution in [0.4, 0.5) is 8.78 Å². The van der Waals surface area contributed by atoms with Crippen molar-refractivity contribution in [3.63, 3.8) is 0 Å². The van der Waals surface area contributed by atoms with Gasteiger partial charge in [-0.25, -0.2) is 8.78 Å². The van der Waals surface area contributed by atoms with Crippen molar-refractivity contribution in [3.8, 4) is 5.75 Å². The Morgan fingerprint density at radius 1 is 1.43 bits per heavy atom. The Morgan fingerprint density at radius 3 is 2.71 bits per heavy atom. The Morgan fingerprint density at radius 2 is 2.14 bits per heavy atom. The molecule has 0 amide bonds. The molecule has 78 valence electrons. The van der Waals surface area contributed by atoms with E-state index in [2.05, 4.69) is 5.32 Å². The standard InChI is InChI=1S/C9H10ClF2NO/c10-7-2-1-3-8(14)6(7)4-13-5-9(11)12/h1-3,9,13-14H,4-5H2. The first-order valence-corrected chi connectivity index (χ1v) is 4.44. The Labute approximate surface area is 85.5 Å². The van der Waals surface area contributed by atoms with Gasteiger partial charge in [0.15, 0.2) is 0 Å². The van der Waals surface area contributed by atoms with Crippen LogP contribution in [0.5, 0.6) is 5.75 Å². The lowest BCUT2D eigenvalue weighted by atomic mass is 10.2. The number of alkyl halides is 2. The molecule has 0 bridgehead atoms. The fourth-order valence-corrected chi connectivity index (χ4v) is 1.26. The maximum Gasteiger partial charge on any atom is 0.250 e.